The molecule has 0 saturated heterocycles. The van der Waals surface area contributed by atoms with Crippen LogP contribution in [0, 0.1) is 0 Å². The van der Waals surface area contributed by atoms with E-state index in [0.717, 1.165) is 13.0 Å². The number of aryl methyl sites for hydroxylation is 1. The van der Waals surface area contributed by atoms with E-state index in [1.807, 2.05) is 13.1 Å². The van der Waals surface area contributed by atoms with Crippen LogP contribution in [0.2, 0.25) is 0 Å². The summed E-state index contributed by atoms with van der Waals surface area (Å²) in [6.07, 6.45) is 2.60. The highest BCUT2D eigenvalue weighted by Crippen LogP contribution is 2.07. The lowest BCUT2D eigenvalue weighted by atomic mass is 10.3. The first-order valence-electron chi connectivity index (χ1n) is 5.65. The van der Waals surface area contributed by atoms with E-state index in [1.54, 1.807) is 22.3 Å². The quantitative estimate of drug-likeness (QED) is 0.454. The highest BCUT2D eigenvalue weighted by molar-refractivity contribution is 14.0. The number of aliphatic imine (C=N–C) groups is 1. The molecule has 0 aliphatic heterocycles. The van der Waals surface area contributed by atoms with E-state index < -0.39 is 0 Å². The Balaban J connectivity index is 0.00000180. The van der Waals surface area contributed by atoms with E-state index in [1.165, 1.54) is 4.88 Å². The summed E-state index contributed by atoms with van der Waals surface area (Å²) in [6, 6.07) is 4.15. The van der Waals surface area contributed by atoms with Crippen LogP contribution in [0.3, 0.4) is 0 Å². The van der Waals surface area contributed by atoms with Crippen LogP contribution in [-0.4, -0.2) is 27.3 Å². The summed E-state index contributed by atoms with van der Waals surface area (Å²) >= 11 is 1.74. The Hall–Kier alpha value is -1.16. The van der Waals surface area contributed by atoms with Crippen LogP contribution in [0.5, 0.6) is 0 Å². The molecule has 0 spiro atoms. The predicted molar refractivity (Wildman–Crippen MR) is 87.8 cm³/mol. The summed E-state index contributed by atoms with van der Waals surface area (Å²) in [5.41, 5.74) is 5.75. The summed E-state index contributed by atoms with van der Waals surface area (Å²) in [5, 5.41) is 9.26. The third kappa shape index (κ3) is 5.55. The number of nitrogens with two attached hydrogens (primary N) is 1. The minimum absolute atomic E-state index is 0. The van der Waals surface area contributed by atoms with Crippen molar-refractivity contribution in [1.29, 1.82) is 0 Å². The van der Waals surface area contributed by atoms with Crippen LogP contribution in [0.1, 0.15) is 10.7 Å². The molecule has 0 radical (unpaired) electrons. The first-order valence-corrected chi connectivity index (χ1v) is 6.52. The zero-order valence-electron chi connectivity index (χ0n) is 10.6. The number of guanidine groups is 1. The zero-order chi connectivity index (χ0) is 12.8. The standard InChI is InChI=1S/C11H16N6S.HI/c1-17-8-15-10(16-17)7-14-11(12)13-5-4-9-3-2-6-18-9;/h2-3,6,8H,4-5,7H2,1H3,(H3,12,13,14);1H. The Morgan fingerprint density at radius 3 is 3.05 bits per heavy atom. The van der Waals surface area contributed by atoms with Crippen molar-refractivity contribution in [3.8, 4) is 0 Å². The summed E-state index contributed by atoms with van der Waals surface area (Å²) in [6.45, 7) is 1.18. The first-order chi connectivity index (χ1) is 8.74. The highest BCUT2D eigenvalue weighted by atomic mass is 127. The van der Waals surface area contributed by atoms with Gasteiger partial charge in [-0.1, -0.05) is 6.07 Å². The summed E-state index contributed by atoms with van der Waals surface area (Å²) in [5.74, 6) is 1.10. The number of nitrogens with zero attached hydrogens (tertiary/aromatic N) is 4. The molecule has 0 atom stereocenters. The van der Waals surface area contributed by atoms with Crippen molar-refractivity contribution in [3.05, 3.63) is 34.5 Å². The number of rotatable bonds is 5. The minimum Gasteiger partial charge on any atom is -0.370 e. The predicted octanol–water partition coefficient (Wildman–Crippen LogP) is 1.14. The molecule has 0 unspecified atom stereocenters. The van der Waals surface area contributed by atoms with E-state index >= 15 is 0 Å². The summed E-state index contributed by atoms with van der Waals surface area (Å²) in [7, 11) is 1.82. The Bertz CT molecular complexity index is 507. The molecule has 0 amide bonds. The molecule has 0 saturated carbocycles. The Morgan fingerprint density at radius 1 is 1.58 bits per heavy atom. The second kappa shape index (κ2) is 8.10. The van der Waals surface area contributed by atoms with Gasteiger partial charge in [0.2, 0.25) is 0 Å². The molecule has 6 nitrogen and oxygen atoms in total. The maximum absolute atomic E-state index is 5.75. The largest absolute Gasteiger partial charge is 0.370 e. The van der Waals surface area contributed by atoms with Gasteiger partial charge in [-0.3, -0.25) is 4.68 Å². The van der Waals surface area contributed by atoms with Gasteiger partial charge in [0.25, 0.3) is 0 Å². The Labute approximate surface area is 133 Å². The van der Waals surface area contributed by atoms with Crippen LogP contribution in [0.25, 0.3) is 0 Å². The van der Waals surface area contributed by atoms with Gasteiger partial charge in [-0.15, -0.1) is 35.3 Å². The van der Waals surface area contributed by atoms with Crippen LogP contribution in [-0.2, 0) is 20.0 Å². The van der Waals surface area contributed by atoms with Gasteiger partial charge in [0, 0.05) is 18.5 Å². The molecule has 0 aliphatic rings. The molecule has 0 aliphatic carbocycles. The molecule has 0 aromatic carbocycles. The highest BCUT2D eigenvalue weighted by Gasteiger charge is 1.98. The molecule has 2 heterocycles. The molecule has 2 aromatic heterocycles. The Morgan fingerprint density at radius 2 is 2.42 bits per heavy atom. The maximum Gasteiger partial charge on any atom is 0.189 e. The number of hydrogen-bond acceptors (Lipinski definition) is 4. The third-order valence-corrected chi connectivity index (χ3v) is 3.23. The van der Waals surface area contributed by atoms with E-state index in [4.69, 9.17) is 5.73 Å². The van der Waals surface area contributed by atoms with Gasteiger partial charge in [-0.2, -0.15) is 5.10 Å². The van der Waals surface area contributed by atoms with Crippen molar-refractivity contribution in [2.45, 2.75) is 13.0 Å². The van der Waals surface area contributed by atoms with Gasteiger partial charge >= 0.3 is 0 Å². The zero-order valence-corrected chi connectivity index (χ0v) is 13.8. The SMILES string of the molecule is Cn1cnc(CN=C(N)NCCc2cccs2)n1.I. The second-order valence-electron chi connectivity index (χ2n) is 3.79. The summed E-state index contributed by atoms with van der Waals surface area (Å²) < 4.78 is 1.64. The fraction of sp³-hybridized carbons (Fsp3) is 0.364. The molecular formula is C11H17IN6S. The molecule has 0 fully saturated rings. The lowest BCUT2D eigenvalue weighted by molar-refractivity contribution is 0.741. The van der Waals surface area contributed by atoms with Crippen LogP contribution < -0.4 is 11.1 Å². The molecule has 0 bridgehead atoms. The molecule has 104 valence electrons. The first kappa shape index (κ1) is 15.9. The minimum atomic E-state index is 0. The van der Waals surface area contributed by atoms with Crippen molar-refractivity contribution in [2.75, 3.05) is 6.54 Å². The van der Waals surface area contributed by atoms with Crippen molar-refractivity contribution < 1.29 is 0 Å². The normalized spacial score (nSPS) is 11.1. The van der Waals surface area contributed by atoms with Crippen LogP contribution in [0.4, 0.5) is 0 Å². The van der Waals surface area contributed by atoms with Crippen molar-refractivity contribution in [3.63, 3.8) is 0 Å². The number of halogens is 1. The lowest BCUT2D eigenvalue weighted by Gasteiger charge is -2.03. The number of aromatic nitrogens is 3. The van der Waals surface area contributed by atoms with Gasteiger partial charge in [-0.25, -0.2) is 9.98 Å². The van der Waals surface area contributed by atoms with Crippen molar-refractivity contribution in [1.82, 2.24) is 20.1 Å². The molecule has 2 aromatic rings. The van der Waals surface area contributed by atoms with Gasteiger partial charge in [-0.05, 0) is 17.9 Å². The van der Waals surface area contributed by atoms with Crippen LogP contribution >= 0.6 is 35.3 Å². The van der Waals surface area contributed by atoms with E-state index in [0.29, 0.717) is 18.3 Å². The number of thiophene rings is 1. The maximum atomic E-state index is 5.75. The average molecular weight is 392 g/mol. The van der Waals surface area contributed by atoms with Crippen molar-refractivity contribution in [2.24, 2.45) is 17.8 Å². The van der Waals surface area contributed by atoms with E-state index in [-0.39, 0.29) is 24.0 Å². The van der Waals surface area contributed by atoms with E-state index in [9.17, 15) is 0 Å². The summed E-state index contributed by atoms with van der Waals surface area (Å²) in [4.78, 5) is 9.58. The molecule has 2 rings (SSSR count). The van der Waals surface area contributed by atoms with Crippen molar-refractivity contribution >= 4 is 41.3 Å². The van der Waals surface area contributed by atoms with Gasteiger partial charge in [0.05, 0.1) is 0 Å². The molecule has 8 heteroatoms. The van der Waals surface area contributed by atoms with Gasteiger partial charge in [0.15, 0.2) is 11.8 Å². The fourth-order valence-corrected chi connectivity index (χ4v) is 2.15. The fourth-order valence-electron chi connectivity index (χ4n) is 1.44. The monoisotopic (exact) mass is 392 g/mol. The number of hydrogen-bond donors (Lipinski definition) is 2. The van der Waals surface area contributed by atoms with Gasteiger partial charge in [0.1, 0.15) is 12.9 Å². The topological polar surface area (TPSA) is 81.1 Å². The average Bonchev–Trinajstić information content (AvgIpc) is 2.98. The Kier molecular flexibility index (Phi) is 6.78. The third-order valence-electron chi connectivity index (χ3n) is 2.30. The number of nitrogens with one attached hydrogen (secondary N) is 1. The second-order valence-corrected chi connectivity index (χ2v) is 4.82. The molecule has 19 heavy (non-hydrogen) atoms. The molecule has 3 N–H and O–H groups in total. The smallest absolute Gasteiger partial charge is 0.189 e. The van der Waals surface area contributed by atoms with Crippen LogP contribution in [0.15, 0.2) is 28.8 Å². The molecular weight excluding hydrogens is 375 g/mol. The lowest BCUT2D eigenvalue weighted by Crippen LogP contribution is -2.33. The van der Waals surface area contributed by atoms with Gasteiger partial charge < -0.3 is 11.1 Å². The van der Waals surface area contributed by atoms with E-state index in [2.05, 4.69) is 31.8 Å².